The number of benzene rings is 1. The normalized spacial score (nSPS) is 28.0. The van der Waals surface area contributed by atoms with Gasteiger partial charge in [-0.2, -0.15) is 0 Å². The van der Waals surface area contributed by atoms with Crippen molar-refractivity contribution in [3.63, 3.8) is 0 Å². The number of nitrogens with zero attached hydrogens (tertiary/aromatic N) is 1. The predicted molar refractivity (Wildman–Crippen MR) is 97.9 cm³/mol. The summed E-state index contributed by atoms with van der Waals surface area (Å²) in [6.07, 6.45) is 2.66. The first-order chi connectivity index (χ1) is 12.5. The van der Waals surface area contributed by atoms with Crippen molar-refractivity contribution in [1.29, 1.82) is 0 Å². The van der Waals surface area contributed by atoms with Crippen LogP contribution in [-0.4, -0.2) is 54.1 Å². The molecule has 138 valence electrons. The molecule has 3 aliphatic heterocycles. The molecular weight excluding hydrogens is 330 g/mol. The lowest BCUT2D eigenvalue weighted by atomic mass is 9.75. The first-order valence-corrected chi connectivity index (χ1v) is 9.20. The molecule has 2 atom stereocenters. The highest BCUT2D eigenvalue weighted by atomic mass is 16.5. The molecule has 3 aliphatic rings. The monoisotopic (exact) mass is 355 g/mol. The Balaban J connectivity index is 1.83. The summed E-state index contributed by atoms with van der Waals surface area (Å²) in [4.78, 5) is 25.6. The summed E-state index contributed by atoms with van der Waals surface area (Å²) in [6, 6.07) is 5.21. The van der Waals surface area contributed by atoms with E-state index in [0.29, 0.717) is 24.3 Å². The largest absolute Gasteiger partial charge is 0.466 e. The Hall–Kier alpha value is -2.16. The summed E-state index contributed by atoms with van der Waals surface area (Å²) in [5.74, 6) is 5.47. The van der Waals surface area contributed by atoms with Gasteiger partial charge >= 0.3 is 5.97 Å². The number of carbonyl (C=O) groups is 2. The molecule has 0 saturated carbocycles. The van der Waals surface area contributed by atoms with Gasteiger partial charge in [0.05, 0.1) is 12.5 Å². The Labute approximate surface area is 154 Å². The van der Waals surface area contributed by atoms with Gasteiger partial charge < -0.3 is 9.84 Å². The maximum atomic E-state index is 11.9. The minimum atomic E-state index is -1.01. The number of aliphatic hydroxyl groups is 1. The molecule has 0 amide bonds. The van der Waals surface area contributed by atoms with E-state index in [4.69, 9.17) is 4.74 Å². The molecule has 1 N–H and O–H groups in total. The van der Waals surface area contributed by atoms with E-state index >= 15 is 0 Å². The number of hydrogen-bond acceptors (Lipinski definition) is 5. The van der Waals surface area contributed by atoms with Gasteiger partial charge in [0.25, 0.3) is 0 Å². The number of piperidine rings is 3. The van der Waals surface area contributed by atoms with E-state index in [1.165, 1.54) is 0 Å². The van der Waals surface area contributed by atoms with E-state index in [1.807, 2.05) is 0 Å². The molecule has 0 spiro atoms. The van der Waals surface area contributed by atoms with Crippen LogP contribution in [-0.2, 0) is 9.53 Å². The van der Waals surface area contributed by atoms with E-state index in [2.05, 4.69) is 16.7 Å². The highest BCUT2D eigenvalue weighted by Crippen LogP contribution is 2.35. The van der Waals surface area contributed by atoms with Gasteiger partial charge in [-0.1, -0.05) is 17.9 Å². The standard InChI is InChI=1S/C21H25NO4/c1-3-26-20(24)15(2)17-5-4-16(18(12-17)13-23)6-9-21(25)14-22-10-7-19(21)8-11-22/h4-5,12-13,15,19,25H,3,7-8,10-11,14H2,1-2H3. The quantitative estimate of drug-likeness (QED) is 0.508. The predicted octanol–water partition coefficient (Wildman–Crippen LogP) is 1.97. The summed E-state index contributed by atoms with van der Waals surface area (Å²) in [7, 11) is 0. The molecule has 0 radical (unpaired) electrons. The van der Waals surface area contributed by atoms with Gasteiger partial charge in [0.15, 0.2) is 6.29 Å². The summed E-state index contributed by atoms with van der Waals surface area (Å²) in [5.41, 5.74) is 0.714. The van der Waals surface area contributed by atoms with Crippen LogP contribution in [0, 0.1) is 17.8 Å². The lowest BCUT2D eigenvalue weighted by Crippen LogP contribution is -2.58. The second-order valence-corrected chi connectivity index (χ2v) is 7.16. The number of fused-ring (bicyclic) bond motifs is 3. The molecule has 4 rings (SSSR count). The lowest BCUT2D eigenvalue weighted by molar-refractivity contribution is -0.144. The average Bonchev–Trinajstić information content (AvgIpc) is 2.66. The van der Waals surface area contributed by atoms with Crippen molar-refractivity contribution in [3.05, 3.63) is 34.9 Å². The van der Waals surface area contributed by atoms with Gasteiger partial charge in [0, 0.05) is 23.6 Å². The highest BCUT2D eigenvalue weighted by molar-refractivity contribution is 5.82. The van der Waals surface area contributed by atoms with Crippen LogP contribution in [0.25, 0.3) is 0 Å². The molecule has 3 heterocycles. The minimum absolute atomic E-state index is 0.197. The zero-order valence-corrected chi connectivity index (χ0v) is 15.3. The molecule has 26 heavy (non-hydrogen) atoms. The summed E-state index contributed by atoms with van der Waals surface area (Å²) < 4.78 is 5.04. The smallest absolute Gasteiger partial charge is 0.313 e. The van der Waals surface area contributed by atoms with Crippen LogP contribution in [0.2, 0.25) is 0 Å². The first-order valence-electron chi connectivity index (χ1n) is 9.20. The molecule has 2 bridgehead atoms. The van der Waals surface area contributed by atoms with Crippen LogP contribution in [0.1, 0.15) is 54.1 Å². The fourth-order valence-corrected chi connectivity index (χ4v) is 3.82. The molecule has 0 aromatic heterocycles. The fraction of sp³-hybridized carbons (Fsp3) is 0.524. The number of esters is 1. The molecule has 5 heteroatoms. The van der Waals surface area contributed by atoms with E-state index in [9.17, 15) is 14.7 Å². The molecule has 3 fully saturated rings. The third kappa shape index (κ3) is 3.67. The Kier molecular flexibility index (Phi) is 5.45. The molecule has 1 aromatic rings. The van der Waals surface area contributed by atoms with Crippen LogP contribution in [0.15, 0.2) is 18.2 Å². The van der Waals surface area contributed by atoms with Gasteiger partial charge in [-0.15, -0.1) is 0 Å². The number of aldehydes is 1. The summed E-state index contributed by atoms with van der Waals surface area (Å²) in [5, 5.41) is 10.9. The van der Waals surface area contributed by atoms with Crippen molar-refractivity contribution in [3.8, 4) is 11.8 Å². The Morgan fingerprint density at radius 2 is 2.19 bits per heavy atom. The SMILES string of the molecule is CCOC(=O)C(C)c1ccc(C#CC2(O)CN3CCC2CC3)c(C=O)c1. The number of hydrogen-bond donors (Lipinski definition) is 1. The van der Waals surface area contributed by atoms with Gasteiger partial charge in [0.1, 0.15) is 5.60 Å². The van der Waals surface area contributed by atoms with Crippen LogP contribution < -0.4 is 0 Å². The number of ether oxygens (including phenoxy) is 1. The molecular formula is C21H25NO4. The van der Waals surface area contributed by atoms with Crippen LogP contribution in [0.3, 0.4) is 0 Å². The topological polar surface area (TPSA) is 66.8 Å². The van der Waals surface area contributed by atoms with Crippen molar-refractivity contribution in [2.45, 2.75) is 38.2 Å². The molecule has 1 aromatic carbocycles. The second kappa shape index (κ2) is 7.61. The Morgan fingerprint density at radius 3 is 2.77 bits per heavy atom. The maximum absolute atomic E-state index is 11.9. The third-order valence-corrected chi connectivity index (χ3v) is 5.48. The highest BCUT2D eigenvalue weighted by Gasteiger charge is 2.44. The summed E-state index contributed by atoms with van der Waals surface area (Å²) in [6.45, 7) is 6.45. The van der Waals surface area contributed by atoms with Gasteiger partial charge in [0.2, 0.25) is 0 Å². The zero-order valence-electron chi connectivity index (χ0n) is 15.3. The van der Waals surface area contributed by atoms with Crippen molar-refractivity contribution in [2.24, 2.45) is 5.92 Å². The van der Waals surface area contributed by atoms with E-state index in [1.54, 1.807) is 32.0 Å². The van der Waals surface area contributed by atoms with Crippen molar-refractivity contribution >= 4 is 12.3 Å². The molecule has 2 unspecified atom stereocenters. The molecule has 3 saturated heterocycles. The van der Waals surface area contributed by atoms with Crippen molar-refractivity contribution in [1.82, 2.24) is 4.90 Å². The van der Waals surface area contributed by atoms with E-state index < -0.39 is 11.5 Å². The summed E-state index contributed by atoms with van der Waals surface area (Å²) >= 11 is 0. The molecule has 0 aliphatic carbocycles. The van der Waals surface area contributed by atoms with Crippen LogP contribution >= 0.6 is 0 Å². The zero-order chi connectivity index (χ0) is 18.7. The van der Waals surface area contributed by atoms with Gasteiger partial charge in [-0.25, -0.2) is 0 Å². The van der Waals surface area contributed by atoms with Gasteiger partial charge in [-0.3, -0.25) is 14.5 Å². The first kappa shape index (κ1) is 18.6. The van der Waals surface area contributed by atoms with Gasteiger partial charge in [-0.05, 0) is 57.5 Å². The van der Waals surface area contributed by atoms with Crippen molar-refractivity contribution < 1.29 is 19.4 Å². The van der Waals surface area contributed by atoms with E-state index in [-0.39, 0.29) is 11.9 Å². The second-order valence-electron chi connectivity index (χ2n) is 7.16. The third-order valence-electron chi connectivity index (χ3n) is 5.48. The average molecular weight is 355 g/mol. The molecule has 5 nitrogen and oxygen atoms in total. The van der Waals surface area contributed by atoms with E-state index in [0.717, 1.165) is 37.8 Å². The van der Waals surface area contributed by atoms with Crippen molar-refractivity contribution in [2.75, 3.05) is 26.2 Å². The number of rotatable bonds is 4. The van der Waals surface area contributed by atoms with Crippen LogP contribution in [0.4, 0.5) is 0 Å². The lowest BCUT2D eigenvalue weighted by Gasteiger charge is -2.47. The Bertz CT molecular complexity index is 755. The number of carbonyl (C=O) groups excluding carboxylic acids is 2. The maximum Gasteiger partial charge on any atom is 0.313 e. The Morgan fingerprint density at radius 1 is 1.46 bits per heavy atom. The van der Waals surface area contributed by atoms with Crippen LogP contribution in [0.5, 0.6) is 0 Å². The fourth-order valence-electron chi connectivity index (χ4n) is 3.82. The minimum Gasteiger partial charge on any atom is -0.466 e.